The molecule has 0 aromatic rings. The molecule has 0 radical (unpaired) electrons. The van der Waals surface area contributed by atoms with Gasteiger partial charge < -0.3 is 10.2 Å². The van der Waals surface area contributed by atoms with Gasteiger partial charge in [0.2, 0.25) is 0 Å². The van der Waals surface area contributed by atoms with E-state index in [0.717, 1.165) is 6.08 Å². The molecule has 0 saturated heterocycles. The van der Waals surface area contributed by atoms with E-state index in [-0.39, 0.29) is 6.42 Å². The van der Waals surface area contributed by atoms with Crippen molar-refractivity contribution in [2.45, 2.75) is 39.4 Å². The molecule has 15 heavy (non-hydrogen) atoms. The Balaban J connectivity index is 4.82. The van der Waals surface area contributed by atoms with Crippen molar-refractivity contribution in [2.24, 2.45) is 5.92 Å². The van der Waals surface area contributed by atoms with Gasteiger partial charge in [-0.15, -0.1) is 0 Å². The first-order chi connectivity index (χ1) is 8.94. The minimum atomic E-state index is -2.28. The predicted molar refractivity (Wildman–Crippen MR) is 56.7 cm³/mol. The SMILES string of the molecule is [2H][C@@H](C[C@@H]([2H])/C=C(/C(=O)O)C(C)C(=O)O)CC([2H])([2H])[2H]. The molecule has 0 amide bonds. The number of hydrogen-bond acceptors (Lipinski definition) is 2. The lowest BCUT2D eigenvalue weighted by Gasteiger charge is -2.07. The van der Waals surface area contributed by atoms with Crippen LogP contribution >= 0.6 is 0 Å². The number of carboxylic acids is 2. The normalized spacial score (nSPS) is 23.5. The highest BCUT2D eigenvalue weighted by Crippen LogP contribution is 2.13. The third kappa shape index (κ3) is 5.20. The molecule has 0 aliphatic rings. The molecule has 3 atom stereocenters. The molecule has 0 bridgehead atoms. The molecule has 0 aliphatic carbocycles. The molecule has 0 saturated carbocycles. The summed E-state index contributed by atoms with van der Waals surface area (Å²) in [5.74, 6) is -4.03. The molecule has 0 spiro atoms. The van der Waals surface area contributed by atoms with E-state index in [1.807, 2.05) is 0 Å². The zero-order chi connectivity index (χ0) is 16.1. The molecule has 86 valence electrons. The van der Waals surface area contributed by atoms with Crippen molar-refractivity contribution in [3.05, 3.63) is 11.6 Å². The highest BCUT2D eigenvalue weighted by Gasteiger charge is 2.21. The third-order valence-electron chi connectivity index (χ3n) is 1.83. The number of allylic oxidation sites excluding steroid dienone is 1. The first kappa shape index (κ1) is 7.04. The molecule has 0 heterocycles. The van der Waals surface area contributed by atoms with Crippen LogP contribution in [0, 0.1) is 5.92 Å². The Labute approximate surface area is 96.6 Å². The summed E-state index contributed by atoms with van der Waals surface area (Å²) in [4.78, 5) is 21.7. The molecular weight excluding hydrogens is 196 g/mol. The van der Waals surface area contributed by atoms with Gasteiger partial charge in [-0.25, -0.2) is 4.79 Å². The van der Waals surface area contributed by atoms with Crippen molar-refractivity contribution >= 4 is 11.9 Å². The number of aliphatic carboxylic acids is 2. The molecule has 0 aliphatic heterocycles. The molecule has 0 fully saturated rings. The molecule has 1 unspecified atom stereocenters. The van der Waals surface area contributed by atoms with E-state index in [1.165, 1.54) is 6.92 Å². The van der Waals surface area contributed by atoms with Crippen molar-refractivity contribution in [3.63, 3.8) is 0 Å². The van der Waals surface area contributed by atoms with Gasteiger partial charge >= 0.3 is 11.9 Å². The summed E-state index contributed by atoms with van der Waals surface area (Å²) in [6.07, 6.45) is -1.76. The summed E-state index contributed by atoms with van der Waals surface area (Å²) in [5, 5.41) is 17.7. The Kier molecular flexibility index (Phi) is 3.30. The smallest absolute Gasteiger partial charge is 0.332 e. The van der Waals surface area contributed by atoms with Crippen LogP contribution in [0.5, 0.6) is 0 Å². The summed E-state index contributed by atoms with van der Waals surface area (Å²) in [6.45, 7) is -1.09. The van der Waals surface area contributed by atoms with Crippen molar-refractivity contribution in [2.75, 3.05) is 0 Å². The summed E-state index contributed by atoms with van der Waals surface area (Å²) in [5.41, 5.74) is -0.432. The van der Waals surface area contributed by atoms with Crippen LogP contribution in [0.15, 0.2) is 11.6 Å². The third-order valence-corrected chi connectivity index (χ3v) is 1.83. The largest absolute Gasteiger partial charge is 0.481 e. The molecule has 4 heteroatoms. The molecule has 2 N–H and O–H groups in total. The molecule has 4 nitrogen and oxygen atoms in total. The van der Waals surface area contributed by atoms with E-state index in [2.05, 4.69) is 0 Å². The quantitative estimate of drug-likeness (QED) is 0.644. The second kappa shape index (κ2) is 7.04. The predicted octanol–water partition coefficient (Wildman–Crippen LogP) is 2.30. The van der Waals surface area contributed by atoms with Crippen LogP contribution in [-0.2, 0) is 9.59 Å². The van der Waals surface area contributed by atoms with E-state index in [0.29, 0.717) is 0 Å². The van der Waals surface area contributed by atoms with Gasteiger partial charge in [0.25, 0.3) is 0 Å². The summed E-state index contributed by atoms with van der Waals surface area (Å²) in [6, 6.07) is 0. The van der Waals surface area contributed by atoms with E-state index < -0.39 is 49.5 Å². The van der Waals surface area contributed by atoms with E-state index in [9.17, 15) is 9.59 Å². The van der Waals surface area contributed by atoms with Crippen LogP contribution in [0.1, 0.15) is 46.3 Å². The van der Waals surface area contributed by atoms with Crippen molar-refractivity contribution < 1.29 is 26.7 Å². The Bertz CT molecular complexity index is 391. The number of rotatable bonds is 7. The van der Waals surface area contributed by atoms with Gasteiger partial charge in [0, 0.05) is 12.4 Å². The number of carboxylic acid groups (broad SMARTS) is 2. The fourth-order valence-electron chi connectivity index (χ4n) is 0.908. The maximum absolute atomic E-state index is 10.9. The van der Waals surface area contributed by atoms with Crippen molar-refractivity contribution in [1.82, 2.24) is 0 Å². The molecule has 0 aromatic heterocycles. The first-order valence-electron chi connectivity index (χ1n) is 7.12. The summed E-state index contributed by atoms with van der Waals surface area (Å²) in [7, 11) is 0. The zero-order valence-corrected chi connectivity index (χ0v) is 8.43. The molecule has 0 rings (SSSR count). The Morgan fingerprint density at radius 2 is 2.20 bits per heavy atom. The second-order valence-corrected chi connectivity index (χ2v) is 2.95. The fraction of sp³-hybridized carbons (Fsp3) is 0.636. The van der Waals surface area contributed by atoms with Gasteiger partial charge in [-0.05, 0) is 19.7 Å². The second-order valence-electron chi connectivity index (χ2n) is 2.95. The Morgan fingerprint density at radius 1 is 1.53 bits per heavy atom. The van der Waals surface area contributed by atoms with Crippen molar-refractivity contribution in [3.8, 4) is 0 Å². The summed E-state index contributed by atoms with van der Waals surface area (Å²) >= 11 is 0. The molecular formula is C11H18O4. The van der Waals surface area contributed by atoms with Crippen LogP contribution in [0.25, 0.3) is 0 Å². The van der Waals surface area contributed by atoms with Gasteiger partial charge in [-0.3, -0.25) is 4.79 Å². The highest BCUT2D eigenvalue weighted by molar-refractivity contribution is 5.93. The van der Waals surface area contributed by atoms with Crippen LogP contribution in [0.4, 0.5) is 0 Å². The van der Waals surface area contributed by atoms with Gasteiger partial charge in [-0.1, -0.05) is 25.7 Å². The average Bonchev–Trinajstić information content (AvgIpc) is 2.21. The van der Waals surface area contributed by atoms with E-state index in [1.54, 1.807) is 0 Å². The lowest BCUT2D eigenvalue weighted by molar-refractivity contribution is -0.143. The fourth-order valence-corrected chi connectivity index (χ4v) is 0.908. The summed E-state index contributed by atoms with van der Waals surface area (Å²) < 4.78 is 36.2. The topological polar surface area (TPSA) is 74.6 Å². The van der Waals surface area contributed by atoms with E-state index in [4.69, 9.17) is 17.1 Å². The minimum Gasteiger partial charge on any atom is -0.481 e. The van der Waals surface area contributed by atoms with Gasteiger partial charge in [-0.2, -0.15) is 0 Å². The Hall–Kier alpha value is -1.32. The minimum absolute atomic E-state index is 0.165. The van der Waals surface area contributed by atoms with Crippen LogP contribution in [0.3, 0.4) is 0 Å². The monoisotopic (exact) mass is 219 g/mol. The van der Waals surface area contributed by atoms with Crippen molar-refractivity contribution in [1.29, 1.82) is 0 Å². The van der Waals surface area contributed by atoms with Gasteiger partial charge in [0.05, 0.1) is 5.92 Å². The first-order valence-corrected chi connectivity index (χ1v) is 4.46. The standard InChI is InChI=1S/C11H18O4/c1-3-4-5-6-7-9(11(14)15)8(2)10(12)13/h7-8H,3-6H2,1-2H3,(H,12,13)(H,14,15)/b9-7+/i1D3,4D,6D/t4-,6-,8?/m1/s1. The number of carbonyl (C=O) groups is 2. The van der Waals surface area contributed by atoms with Gasteiger partial charge in [0.15, 0.2) is 0 Å². The maximum atomic E-state index is 10.9. The Morgan fingerprint density at radius 3 is 2.67 bits per heavy atom. The highest BCUT2D eigenvalue weighted by atomic mass is 16.4. The van der Waals surface area contributed by atoms with E-state index >= 15 is 0 Å². The number of hydrogen-bond donors (Lipinski definition) is 2. The lowest BCUT2D eigenvalue weighted by atomic mass is 9.99. The maximum Gasteiger partial charge on any atom is 0.332 e. The molecule has 0 aromatic carbocycles. The van der Waals surface area contributed by atoms with Crippen LogP contribution in [0.2, 0.25) is 0 Å². The average molecular weight is 219 g/mol. The lowest BCUT2D eigenvalue weighted by Crippen LogP contribution is -2.18. The van der Waals surface area contributed by atoms with Crippen LogP contribution in [-0.4, -0.2) is 22.2 Å². The van der Waals surface area contributed by atoms with Crippen LogP contribution < -0.4 is 0 Å². The van der Waals surface area contributed by atoms with Gasteiger partial charge in [0.1, 0.15) is 0 Å². The zero-order valence-electron chi connectivity index (χ0n) is 13.4.